The summed E-state index contributed by atoms with van der Waals surface area (Å²) in [4.78, 5) is 14.9. The molecule has 83 valence electrons. The Morgan fingerprint density at radius 2 is 2.12 bits per heavy atom. The van der Waals surface area contributed by atoms with Crippen LogP contribution in [0.25, 0.3) is 11.3 Å². The van der Waals surface area contributed by atoms with Gasteiger partial charge < -0.3 is 10.1 Å². The standard InChI is InChI=1S/C12H8NO2.Ir/c14-12(15)10-5-3-4-9(8-10)11-6-1-2-7-13-11;/h1-3,5-8H,(H,14,15);/q-1;. The smallest absolute Gasteiger partial charge is 0.316 e. The van der Waals surface area contributed by atoms with E-state index in [0.717, 1.165) is 5.69 Å². The molecule has 3 nitrogen and oxygen atoms in total. The third kappa shape index (κ3) is 2.75. The van der Waals surface area contributed by atoms with Crippen molar-refractivity contribution in [2.45, 2.75) is 0 Å². The van der Waals surface area contributed by atoms with Gasteiger partial charge in [0.25, 0.3) is 0 Å². The van der Waals surface area contributed by atoms with Crippen LogP contribution in [0.3, 0.4) is 0 Å². The Morgan fingerprint density at radius 3 is 2.75 bits per heavy atom. The molecule has 1 aromatic heterocycles. The first-order valence-corrected chi connectivity index (χ1v) is 4.44. The predicted molar refractivity (Wildman–Crippen MR) is 55.5 cm³/mol. The average molecular weight is 390 g/mol. The SMILES string of the molecule is O=C(O)c1cc[c-]c(-c2ccccn2)c1.[Ir]. The summed E-state index contributed by atoms with van der Waals surface area (Å²) in [5, 5.41) is 8.82. The molecule has 0 saturated carbocycles. The molecule has 16 heavy (non-hydrogen) atoms. The van der Waals surface area contributed by atoms with Crippen LogP contribution < -0.4 is 0 Å². The molecule has 1 radical (unpaired) electrons. The van der Waals surface area contributed by atoms with E-state index in [1.165, 1.54) is 6.07 Å². The van der Waals surface area contributed by atoms with Crippen LogP contribution in [0, 0.1) is 6.07 Å². The Hall–Kier alpha value is -1.51. The maximum atomic E-state index is 10.8. The minimum absolute atomic E-state index is 0. The van der Waals surface area contributed by atoms with Crippen LogP contribution in [0.5, 0.6) is 0 Å². The van der Waals surface area contributed by atoms with Gasteiger partial charge in [0.2, 0.25) is 0 Å². The molecule has 0 bridgehead atoms. The van der Waals surface area contributed by atoms with Gasteiger partial charge in [-0.25, -0.2) is 4.79 Å². The molecule has 0 aliphatic heterocycles. The Bertz CT molecular complexity index is 485. The van der Waals surface area contributed by atoms with Gasteiger partial charge in [0.1, 0.15) is 0 Å². The Balaban J connectivity index is 0.00000128. The van der Waals surface area contributed by atoms with E-state index in [9.17, 15) is 4.79 Å². The first kappa shape index (κ1) is 12.6. The number of aromatic carboxylic acids is 1. The van der Waals surface area contributed by atoms with E-state index in [1.54, 1.807) is 18.3 Å². The van der Waals surface area contributed by atoms with Crippen LogP contribution in [0.4, 0.5) is 0 Å². The predicted octanol–water partition coefficient (Wildman–Crippen LogP) is 2.24. The minimum atomic E-state index is -0.943. The van der Waals surface area contributed by atoms with Gasteiger partial charge in [-0.05, 0) is 17.3 Å². The summed E-state index contributed by atoms with van der Waals surface area (Å²) in [6.45, 7) is 0. The largest absolute Gasteiger partial charge is 0.479 e. The molecule has 2 rings (SSSR count). The molecule has 0 unspecified atom stereocenters. The summed E-state index contributed by atoms with van der Waals surface area (Å²) in [5.41, 5.74) is 1.66. The summed E-state index contributed by atoms with van der Waals surface area (Å²) in [6, 6.07) is 13.1. The van der Waals surface area contributed by atoms with Crippen molar-refractivity contribution in [1.29, 1.82) is 0 Å². The fourth-order valence-corrected chi connectivity index (χ4v) is 1.27. The molecule has 0 fully saturated rings. The second-order valence-electron chi connectivity index (χ2n) is 3.01. The van der Waals surface area contributed by atoms with Gasteiger partial charge in [-0.15, -0.1) is 29.8 Å². The number of hydrogen-bond donors (Lipinski definition) is 1. The molecular formula is C12H8IrNO2-. The molecule has 0 spiro atoms. The summed E-state index contributed by atoms with van der Waals surface area (Å²) < 4.78 is 0. The van der Waals surface area contributed by atoms with Crippen LogP contribution in [0.1, 0.15) is 10.4 Å². The maximum absolute atomic E-state index is 10.8. The van der Waals surface area contributed by atoms with E-state index in [-0.39, 0.29) is 25.7 Å². The van der Waals surface area contributed by atoms with Crippen molar-refractivity contribution in [2.75, 3.05) is 0 Å². The van der Waals surface area contributed by atoms with Crippen molar-refractivity contribution in [3.05, 3.63) is 54.2 Å². The Morgan fingerprint density at radius 1 is 1.31 bits per heavy atom. The third-order valence-electron chi connectivity index (χ3n) is 1.99. The van der Waals surface area contributed by atoms with E-state index < -0.39 is 5.97 Å². The molecular weight excluding hydrogens is 382 g/mol. The first-order valence-electron chi connectivity index (χ1n) is 4.44. The van der Waals surface area contributed by atoms with E-state index in [0.29, 0.717) is 5.56 Å². The topological polar surface area (TPSA) is 50.2 Å². The second-order valence-corrected chi connectivity index (χ2v) is 3.01. The summed E-state index contributed by atoms with van der Waals surface area (Å²) in [7, 11) is 0. The van der Waals surface area contributed by atoms with Gasteiger partial charge in [0, 0.05) is 26.3 Å². The molecule has 1 aromatic carbocycles. The summed E-state index contributed by atoms with van der Waals surface area (Å²) >= 11 is 0. The fraction of sp³-hybridized carbons (Fsp3) is 0. The molecule has 2 aromatic rings. The van der Waals surface area contributed by atoms with Crippen LogP contribution >= 0.6 is 0 Å². The molecule has 0 atom stereocenters. The van der Waals surface area contributed by atoms with E-state index >= 15 is 0 Å². The van der Waals surface area contributed by atoms with Crippen LogP contribution in [0.15, 0.2) is 42.6 Å². The van der Waals surface area contributed by atoms with E-state index in [4.69, 9.17) is 5.11 Å². The third-order valence-corrected chi connectivity index (χ3v) is 1.99. The number of hydrogen-bond acceptors (Lipinski definition) is 2. The number of nitrogens with zero attached hydrogens (tertiary/aromatic N) is 1. The van der Waals surface area contributed by atoms with Gasteiger partial charge in [-0.1, -0.05) is 12.1 Å². The fourth-order valence-electron chi connectivity index (χ4n) is 1.27. The molecule has 1 N–H and O–H groups in total. The normalized spacial score (nSPS) is 9.25. The number of rotatable bonds is 2. The van der Waals surface area contributed by atoms with E-state index in [1.807, 2.05) is 18.2 Å². The van der Waals surface area contributed by atoms with E-state index in [2.05, 4.69) is 11.1 Å². The summed E-state index contributed by atoms with van der Waals surface area (Å²) in [6.07, 6.45) is 1.66. The van der Waals surface area contributed by atoms with Crippen molar-refractivity contribution < 1.29 is 30.0 Å². The van der Waals surface area contributed by atoms with Crippen LogP contribution in [0.2, 0.25) is 0 Å². The van der Waals surface area contributed by atoms with Gasteiger partial charge in [0.15, 0.2) is 0 Å². The zero-order valence-corrected chi connectivity index (χ0v) is 10.6. The molecule has 4 heteroatoms. The Labute approximate surface area is 107 Å². The van der Waals surface area contributed by atoms with Crippen molar-refractivity contribution in [3.8, 4) is 11.3 Å². The van der Waals surface area contributed by atoms with Gasteiger partial charge in [-0.3, -0.25) is 0 Å². The summed E-state index contributed by atoms with van der Waals surface area (Å²) in [5.74, 6) is -0.943. The van der Waals surface area contributed by atoms with Crippen molar-refractivity contribution >= 4 is 5.97 Å². The number of benzene rings is 1. The number of carbonyl (C=O) groups is 1. The molecule has 0 aliphatic carbocycles. The molecule has 1 heterocycles. The van der Waals surface area contributed by atoms with Crippen molar-refractivity contribution in [3.63, 3.8) is 0 Å². The van der Waals surface area contributed by atoms with Crippen molar-refractivity contribution in [1.82, 2.24) is 4.98 Å². The molecule has 0 amide bonds. The molecule has 0 aliphatic rings. The maximum Gasteiger partial charge on any atom is 0.316 e. The number of pyridine rings is 1. The second kappa shape index (κ2) is 5.54. The number of aromatic nitrogens is 1. The number of carboxylic acids is 1. The van der Waals surface area contributed by atoms with Gasteiger partial charge in [-0.2, -0.15) is 0 Å². The van der Waals surface area contributed by atoms with Gasteiger partial charge >= 0.3 is 5.97 Å². The zero-order chi connectivity index (χ0) is 10.7. The Kier molecular flexibility index (Phi) is 4.35. The minimum Gasteiger partial charge on any atom is -0.479 e. The molecule has 0 saturated heterocycles. The zero-order valence-electron chi connectivity index (χ0n) is 8.18. The van der Waals surface area contributed by atoms with Gasteiger partial charge in [0.05, 0.1) is 0 Å². The monoisotopic (exact) mass is 391 g/mol. The quantitative estimate of drug-likeness (QED) is 0.801. The number of carboxylic acid groups (broad SMARTS) is 1. The average Bonchev–Trinajstić information content (AvgIpc) is 2.30. The first-order chi connectivity index (χ1) is 7.27. The van der Waals surface area contributed by atoms with Crippen molar-refractivity contribution in [2.24, 2.45) is 0 Å². The van der Waals surface area contributed by atoms with Crippen LogP contribution in [-0.2, 0) is 20.1 Å². The van der Waals surface area contributed by atoms with Crippen LogP contribution in [-0.4, -0.2) is 16.1 Å².